The molecule has 3 aromatic carbocycles. The van der Waals surface area contributed by atoms with Crippen LogP contribution in [0.1, 0.15) is 17.2 Å². The largest absolute Gasteiger partial charge is 0.486 e. The predicted octanol–water partition coefficient (Wildman–Crippen LogP) is 4.56. The molecule has 29 heavy (non-hydrogen) atoms. The number of para-hydroxylation sites is 2. The number of ether oxygens (including phenoxy) is 3. The zero-order valence-electron chi connectivity index (χ0n) is 16.7. The third kappa shape index (κ3) is 5.17. The molecule has 4 nitrogen and oxygen atoms in total. The summed E-state index contributed by atoms with van der Waals surface area (Å²) >= 11 is 0. The molecule has 0 saturated carbocycles. The average Bonchev–Trinajstić information content (AvgIpc) is 2.78. The van der Waals surface area contributed by atoms with Gasteiger partial charge in [0.2, 0.25) is 0 Å². The Kier molecular flexibility index (Phi) is 6.45. The summed E-state index contributed by atoms with van der Waals surface area (Å²) in [7, 11) is 2.09. The minimum Gasteiger partial charge on any atom is -0.486 e. The number of hydrogen-bond acceptors (Lipinski definition) is 4. The lowest BCUT2D eigenvalue weighted by Gasteiger charge is -2.30. The van der Waals surface area contributed by atoms with Gasteiger partial charge >= 0.3 is 0 Å². The number of hydrogen-bond donors (Lipinski definition) is 0. The van der Waals surface area contributed by atoms with Crippen molar-refractivity contribution in [2.45, 2.75) is 12.2 Å². The molecular weight excluding hydrogens is 362 g/mol. The normalized spacial score (nSPS) is 15.6. The maximum absolute atomic E-state index is 6.32. The fourth-order valence-corrected chi connectivity index (χ4v) is 3.56. The molecule has 0 aromatic heterocycles. The number of rotatable bonds is 8. The van der Waals surface area contributed by atoms with Crippen LogP contribution in [0.15, 0.2) is 84.9 Å². The van der Waals surface area contributed by atoms with Crippen molar-refractivity contribution in [3.63, 3.8) is 0 Å². The summed E-state index contributed by atoms with van der Waals surface area (Å²) in [5.74, 6) is 1.64. The quantitative estimate of drug-likeness (QED) is 0.565. The first-order valence-electron chi connectivity index (χ1n) is 10.1. The fraction of sp³-hybridized carbons (Fsp3) is 0.280. The zero-order valence-corrected chi connectivity index (χ0v) is 16.7. The molecule has 0 amide bonds. The Morgan fingerprint density at radius 2 is 1.45 bits per heavy atom. The first-order chi connectivity index (χ1) is 14.3. The lowest BCUT2D eigenvalue weighted by atomic mass is 10.0. The molecule has 0 N–H and O–H groups in total. The number of nitrogens with zero attached hydrogens (tertiary/aromatic N) is 1. The molecule has 0 saturated heterocycles. The smallest absolute Gasteiger partial charge is 0.161 e. The molecule has 0 fully saturated rings. The SMILES string of the molecule is CN(CCOC(c1ccccc1)c1ccccc1)CC1COc2ccccc2O1. The Morgan fingerprint density at radius 1 is 0.862 bits per heavy atom. The second kappa shape index (κ2) is 9.59. The second-order valence-electron chi connectivity index (χ2n) is 7.33. The molecule has 3 aromatic rings. The number of benzene rings is 3. The molecule has 1 aliphatic rings. The van der Waals surface area contributed by atoms with Crippen LogP contribution < -0.4 is 9.47 Å². The third-order valence-electron chi connectivity index (χ3n) is 5.05. The highest BCUT2D eigenvalue weighted by Gasteiger charge is 2.22. The highest BCUT2D eigenvalue weighted by Crippen LogP contribution is 2.31. The topological polar surface area (TPSA) is 30.9 Å². The van der Waals surface area contributed by atoms with Gasteiger partial charge in [-0.15, -0.1) is 0 Å². The van der Waals surface area contributed by atoms with Crippen molar-refractivity contribution in [2.24, 2.45) is 0 Å². The fourth-order valence-electron chi connectivity index (χ4n) is 3.56. The summed E-state index contributed by atoms with van der Waals surface area (Å²) in [5.41, 5.74) is 2.34. The number of fused-ring (bicyclic) bond motifs is 1. The van der Waals surface area contributed by atoms with E-state index in [1.165, 1.54) is 11.1 Å². The van der Waals surface area contributed by atoms with Crippen LogP contribution in [0.2, 0.25) is 0 Å². The van der Waals surface area contributed by atoms with E-state index in [9.17, 15) is 0 Å². The van der Waals surface area contributed by atoms with E-state index in [0.717, 1.165) is 24.6 Å². The molecule has 1 atom stereocenters. The summed E-state index contributed by atoms with van der Waals surface area (Å²) in [6.07, 6.45) is -0.0408. The predicted molar refractivity (Wildman–Crippen MR) is 115 cm³/mol. The molecule has 1 heterocycles. The van der Waals surface area contributed by atoms with Gasteiger partial charge in [-0.3, -0.25) is 0 Å². The van der Waals surface area contributed by atoms with Crippen molar-refractivity contribution in [3.8, 4) is 11.5 Å². The standard InChI is InChI=1S/C25H27NO3/c1-26(18-22-19-28-23-14-8-9-15-24(23)29-22)16-17-27-25(20-10-4-2-5-11-20)21-12-6-3-7-13-21/h2-15,22,25H,16-19H2,1H3. The molecular formula is C25H27NO3. The Hall–Kier alpha value is -2.82. The average molecular weight is 389 g/mol. The Morgan fingerprint density at radius 3 is 2.10 bits per heavy atom. The van der Waals surface area contributed by atoms with Gasteiger partial charge in [-0.2, -0.15) is 0 Å². The Labute approximate surface area is 172 Å². The maximum atomic E-state index is 6.32. The van der Waals surface area contributed by atoms with E-state index in [1.807, 2.05) is 36.4 Å². The molecule has 0 aliphatic carbocycles. The summed E-state index contributed by atoms with van der Waals surface area (Å²) in [6.45, 7) is 2.81. The summed E-state index contributed by atoms with van der Waals surface area (Å²) in [4.78, 5) is 2.23. The van der Waals surface area contributed by atoms with Crippen LogP contribution in [0.4, 0.5) is 0 Å². The highest BCUT2D eigenvalue weighted by molar-refractivity contribution is 5.40. The van der Waals surface area contributed by atoms with Crippen LogP contribution >= 0.6 is 0 Å². The summed E-state index contributed by atoms with van der Waals surface area (Å²) in [5, 5.41) is 0. The Bertz CT molecular complexity index is 845. The minimum absolute atomic E-state index is 0.0222. The number of likely N-dealkylation sites (N-methyl/N-ethyl adjacent to an activating group) is 1. The maximum Gasteiger partial charge on any atom is 0.161 e. The molecule has 0 radical (unpaired) electrons. The first kappa shape index (κ1) is 19.5. The molecule has 0 spiro atoms. The van der Waals surface area contributed by atoms with Crippen molar-refractivity contribution >= 4 is 0 Å². The van der Waals surface area contributed by atoms with Gasteiger partial charge in [0.05, 0.1) is 6.61 Å². The van der Waals surface area contributed by atoms with Gasteiger partial charge in [0.15, 0.2) is 11.5 Å². The first-order valence-corrected chi connectivity index (χ1v) is 10.1. The molecule has 1 aliphatic heterocycles. The van der Waals surface area contributed by atoms with Crippen molar-refractivity contribution < 1.29 is 14.2 Å². The van der Waals surface area contributed by atoms with Crippen LogP contribution in [-0.4, -0.2) is 44.4 Å². The van der Waals surface area contributed by atoms with Crippen LogP contribution in [-0.2, 0) is 4.74 Å². The second-order valence-corrected chi connectivity index (χ2v) is 7.33. The zero-order chi connectivity index (χ0) is 19.9. The molecule has 4 rings (SSSR count). The van der Waals surface area contributed by atoms with Gasteiger partial charge in [0.1, 0.15) is 18.8 Å². The monoisotopic (exact) mass is 389 g/mol. The van der Waals surface area contributed by atoms with Crippen LogP contribution in [0, 0.1) is 0 Å². The van der Waals surface area contributed by atoms with E-state index < -0.39 is 0 Å². The van der Waals surface area contributed by atoms with Crippen LogP contribution in [0.5, 0.6) is 11.5 Å². The Balaban J connectivity index is 1.31. The molecule has 1 unspecified atom stereocenters. The van der Waals surface area contributed by atoms with Crippen molar-refractivity contribution in [1.82, 2.24) is 4.90 Å². The minimum atomic E-state index is -0.0630. The van der Waals surface area contributed by atoms with Gasteiger partial charge in [-0.05, 0) is 30.3 Å². The van der Waals surface area contributed by atoms with Crippen molar-refractivity contribution in [2.75, 3.05) is 33.4 Å². The lowest BCUT2D eigenvalue weighted by molar-refractivity contribution is 0.0383. The van der Waals surface area contributed by atoms with Crippen LogP contribution in [0.3, 0.4) is 0 Å². The van der Waals surface area contributed by atoms with E-state index in [2.05, 4.69) is 60.5 Å². The lowest BCUT2D eigenvalue weighted by Crippen LogP contribution is -2.40. The van der Waals surface area contributed by atoms with Crippen LogP contribution in [0.25, 0.3) is 0 Å². The third-order valence-corrected chi connectivity index (χ3v) is 5.05. The van der Waals surface area contributed by atoms with E-state index in [1.54, 1.807) is 0 Å². The van der Waals surface area contributed by atoms with Gasteiger partial charge in [-0.1, -0.05) is 72.8 Å². The van der Waals surface area contributed by atoms with Crippen molar-refractivity contribution in [1.29, 1.82) is 0 Å². The van der Waals surface area contributed by atoms with E-state index in [-0.39, 0.29) is 12.2 Å². The van der Waals surface area contributed by atoms with Gasteiger partial charge in [0.25, 0.3) is 0 Å². The van der Waals surface area contributed by atoms with Gasteiger partial charge in [-0.25, -0.2) is 0 Å². The van der Waals surface area contributed by atoms with Gasteiger partial charge in [0, 0.05) is 13.1 Å². The van der Waals surface area contributed by atoms with E-state index >= 15 is 0 Å². The summed E-state index contributed by atoms with van der Waals surface area (Å²) < 4.78 is 18.2. The summed E-state index contributed by atoms with van der Waals surface area (Å²) in [6, 6.07) is 28.6. The van der Waals surface area contributed by atoms with Crippen molar-refractivity contribution in [3.05, 3.63) is 96.1 Å². The molecule has 4 heteroatoms. The van der Waals surface area contributed by atoms with E-state index in [0.29, 0.717) is 13.2 Å². The molecule has 0 bridgehead atoms. The highest BCUT2D eigenvalue weighted by atomic mass is 16.6. The van der Waals surface area contributed by atoms with E-state index in [4.69, 9.17) is 14.2 Å². The molecule has 150 valence electrons. The van der Waals surface area contributed by atoms with Gasteiger partial charge < -0.3 is 19.1 Å².